The molecule has 1 unspecified atom stereocenters. The third-order valence-corrected chi connectivity index (χ3v) is 5.11. The van der Waals surface area contributed by atoms with Gasteiger partial charge in [-0.1, -0.05) is 43.1 Å². The molecule has 0 radical (unpaired) electrons. The van der Waals surface area contributed by atoms with Gasteiger partial charge in [0, 0.05) is 18.4 Å². The van der Waals surface area contributed by atoms with E-state index in [2.05, 4.69) is 24.5 Å². The van der Waals surface area contributed by atoms with Gasteiger partial charge in [-0.2, -0.15) is 0 Å². The van der Waals surface area contributed by atoms with Crippen LogP contribution in [0.2, 0.25) is 10.0 Å². The van der Waals surface area contributed by atoms with Gasteiger partial charge >= 0.3 is 0 Å². The van der Waals surface area contributed by atoms with Crippen molar-refractivity contribution in [1.82, 2.24) is 10.6 Å². The topological polar surface area (TPSA) is 41.1 Å². The number of hydrogen-bond donors (Lipinski definition) is 2. The van der Waals surface area contributed by atoms with Crippen molar-refractivity contribution in [1.29, 1.82) is 0 Å². The Morgan fingerprint density at radius 2 is 2.14 bits per heavy atom. The second-order valence-corrected chi connectivity index (χ2v) is 7.50. The van der Waals surface area contributed by atoms with Crippen molar-refractivity contribution < 1.29 is 4.79 Å². The van der Waals surface area contributed by atoms with Crippen LogP contribution in [-0.2, 0) is 10.2 Å². The molecule has 22 heavy (non-hydrogen) atoms. The van der Waals surface area contributed by atoms with Gasteiger partial charge < -0.3 is 10.6 Å². The van der Waals surface area contributed by atoms with E-state index in [0.29, 0.717) is 28.9 Å². The molecule has 1 aromatic rings. The van der Waals surface area contributed by atoms with E-state index in [0.717, 1.165) is 25.1 Å². The van der Waals surface area contributed by atoms with Crippen molar-refractivity contribution in [3.63, 3.8) is 0 Å². The molecule has 1 aliphatic rings. The highest BCUT2D eigenvalue weighted by Gasteiger charge is 2.23. The van der Waals surface area contributed by atoms with E-state index >= 15 is 0 Å². The van der Waals surface area contributed by atoms with Crippen molar-refractivity contribution >= 4 is 29.1 Å². The van der Waals surface area contributed by atoms with E-state index in [1.807, 2.05) is 12.1 Å². The van der Waals surface area contributed by atoms with Crippen molar-refractivity contribution in [2.24, 2.45) is 5.92 Å². The standard InChI is InChI=1S/C17H24Cl2N2O/c1-17(2,13-4-5-14(18)15(19)9-13)11-21-16(22)6-3-12-7-8-20-10-12/h4-5,9,12,20H,3,6-8,10-11H2,1-2H3,(H,21,22). The fourth-order valence-electron chi connectivity index (χ4n) is 2.72. The lowest BCUT2D eigenvalue weighted by molar-refractivity contribution is -0.121. The SMILES string of the molecule is CC(C)(CNC(=O)CCC1CCNC1)c1ccc(Cl)c(Cl)c1. The van der Waals surface area contributed by atoms with Crippen LogP contribution in [0.25, 0.3) is 0 Å². The molecule has 0 aromatic heterocycles. The largest absolute Gasteiger partial charge is 0.355 e. The van der Waals surface area contributed by atoms with Crippen LogP contribution in [0.4, 0.5) is 0 Å². The van der Waals surface area contributed by atoms with E-state index in [-0.39, 0.29) is 11.3 Å². The number of halogens is 2. The average molecular weight is 343 g/mol. The molecule has 1 saturated heterocycles. The van der Waals surface area contributed by atoms with Gasteiger partial charge in [-0.15, -0.1) is 0 Å². The molecule has 1 heterocycles. The zero-order valence-electron chi connectivity index (χ0n) is 13.2. The summed E-state index contributed by atoms with van der Waals surface area (Å²) in [6, 6.07) is 5.64. The molecule has 2 rings (SSSR count). The third kappa shape index (κ3) is 4.87. The molecule has 1 aliphatic heterocycles. The van der Waals surface area contributed by atoms with Crippen LogP contribution >= 0.6 is 23.2 Å². The molecule has 1 atom stereocenters. The lowest BCUT2D eigenvalue weighted by Gasteiger charge is -2.26. The Balaban J connectivity index is 1.82. The smallest absolute Gasteiger partial charge is 0.220 e. The highest BCUT2D eigenvalue weighted by atomic mass is 35.5. The van der Waals surface area contributed by atoms with Gasteiger partial charge in [-0.3, -0.25) is 4.79 Å². The number of nitrogens with one attached hydrogen (secondary N) is 2. The van der Waals surface area contributed by atoms with Crippen LogP contribution < -0.4 is 10.6 Å². The molecule has 0 aliphatic carbocycles. The van der Waals surface area contributed by atoms with Crippen LogP contribution in [0.5, 0.6) is 0 Å². The van der Waals surface area contributed by atoms with Gasteiger partial charge in [0.15, 0.2) is 0 Å². The maximum absolute atomic E-state index is 12.0. The Bertz CT molecular complexity index is 525. The number of hydrogen-bond acceptors (Lipinski definition) is 2. The number of amides is 1. The predicted octanol–water partition coefficient (Wildman–Crippen LogP) is 3.78. The van der Waals surface area contributed by atoms with E-state index in [4.69, 9.17) is 23.2 Å². The molecule has 1 amide bonds. The molecule has 5 heteroatoms. The van der Waals surface area contributed by atoms with E-state index in [1.54, 1.807) is 6.07 Å². The molecule has 3 nitrogen and oxygen atoms in total. The number of rotatable bonds is 6. The second-order valence-electron chi connectivity index (χ2n) is 6.69. The summed E-state index contributed by atoms with van der Waals surface area (Å²) < 4.78 is 0. The van der Waals surface area contributed by atoms with Crippen molar-refractivity contribution in [3.05, 3.63) is 33.8 Å². The number of benzene rings is 1. The van der Waals surface area contributed by atoms with Crippen LogP contribution in [0, 0.1) is 5.92 Å². The molecular formula is C17H24Cl2N2O. The average Bonchev–Trinajstić information content (AvgIpc) is 2.99. The Labute approximate surface area is 142 Å². The van der Waals surface area contributed by atoms with Gasteiger partial charge in [-0.05, 0) is 49.5 Å². The Hall–Kier alpha value is -0.770. The molecule has 2 N–H and O–H groups in total. The Morgan fingerprint density at radius 1 is 1.36 bits per heavy atom. The summed E-state index contributed by atoms with van der Waals surface area (Å²) in [5.41, 5.74) is 0.890. The van der Waals surface area contributed by atoms with Crippen LogP contribution in [0.15, 0.2) is 18.2 Å². The Morgan fingerprint density at radius 3 is 2.77 bits per heavy atom. The Kier molecular flexibility index (Phi) is 6.13. The highest BCUT2D eigenvalue weighted by molar-refractivity contribution is 6.42. The fraction of sp³-hybridized carbons (Fsp3) is 0.588. The first kappa shape index (κ1) is 17.6. The molecule has 0 bridgehead atoms. The monoisotopic (exact) mass is 342 g/mol. The number of carbonyl (C=O) groups is 1. The molecule has 0 saturated carbocycles. The van der Waals surface area contributed by atoms with Gasteiger partial charge in [-0.25, -0.2) is 0 Å². The molecule has 0 spiro atoms. The minimum absolute atomic E-state index is 0.125. The quantitative estimate of drug-likeness (QED) is 0.825. The first-order valence-electron chi connectivity index (χ1n) is 7.81. The maximum atomic E-state index is 12.0. The third-order valence-electron chi connectivity index (χ3n) is 4.37. The summed E-state index contributed by atoms with van der Waals surface area (Å²) in [6.07, 6.45) is 2.75. The van der Waals surface area contributed by atoms with Crippen molar-refractivity contribution in [2.75, 3.05) is 19.6 Å². The van der Waals surface area contributed by atoms with E-state index in [1.165, 1.54) is 6.42 Å². The van der Waals surface area contributed by atoms with Crippen LogP contribution in [0.3, 0.4) is 0 Å². The van der Waals surface area contributed by atoms with Crippen LogP contribution in [0.1, 0.15) is 38.7 Å². The summed E-state index contributed by atoms with van der Waals surface area (Å²) in [4.78, 5) is 12.0. The lowest BCUT2D eigenvalue weighted by Crippen LogP contribution is -2.36. The normalized spacial score (nSPS) is 18.5. The van der Waals surface area contributed by atoms with E-state index < -0.39 is 0 Å². The first-order chi connectivity index (χ1) is 10.4. The van der Waals surface area contributed by atoms with Gasteiger partial charge in [0.25, 0.3) is 0 Å². The zero-order chi connectivity index (χ0) is 16.2. The summed E-state index contributed by atoms with van der Waals surface area (Å²) in [5.74, 6) is 0.772. The van der Waals surface area contributed by atoms with Gasteiger partial charge in [0.05, 0.1) is 10.0 Å². The maximum Gasteiger partial charge on any atom is 0.220 e. The van der Waals surface area contributed by atoms with Crippen LogP contribution in [-0.4, -0.2) is 25.5 Å². The van der Waals surface area contributed by atoms with Crippen molar-refractivity contribution in [2.45, 2.75) is 38.5 Å². The predicted molar refractivity (Wildman–Crippen MR) is 92.7 cm³/mol. The summed E-state index contributed by atoms with van der Waals surface area (Å²) >= 11 is 12.0. The minimum Gasteiger partial charge on any atom is -0.355 e. The highest BCUT2D eigenvalue weighted by Crippen LogP contribution is 2.29. The van der Waals surface area contributed by atoms with Crippen molar-refractivity contribution in [3.8, 4) is 0 Å². The molecule has 1 fully saturated rings. The summed E-state index contributed by atoms with van der Waals surface area (Å²) in [5, 5.41) is 7.47. The fourth-order valence-corrected chi connectivity index (χ4v) is 3.02. The summed E-state index contributed by atoms with van der Waals surface area (Å²) in [6.45, 7) is 6.90. The lowest BCUT2D eigenvalue weighted by atomic mass is 9.84. The first-order valence-corrected chi connectivity index (χ1v) is 8.57. The molecular weight excluding hydrogens is 319 g/mol. The molecule has 1 aromatic carbocycles. The second kappa shape index (κ2) is 7.67. The summed E-state index contributed by atoms with van der Waals surface area (Å²) in [7, 11) is 0. The van der Waals surface area contributed by atoms with E-state index in [9.17, 15) is 4.79 Å². The van der Waals surface area contributed by atoms with Gasteiger partial charge in [0.1, 0.15) is 0 Å². The van der Waals surface area contributed by atoms with Gasteiger partial charge in [0.2, 0.25) is 5.91 Å². The molecule has 122 valence electrons. The number of carbonyl (C=O) groups excluding carboxylic acids is 1. The minimum atomic E-state index is -0.182. The zero-order valence-corrected chi connectivity index (χ0v) is 14.7.